The van der Waals surface area contributed by atoms with Crippen LogP contribution in [0.3, 0.4) is 0 Å². The topological polar surface area (TPSA) is 47.7 Å². The van der Waals surface area contributed by atoms with Gasteiger partial charge in [-0.2, -0.15) is 0 Å². The number of fused-ring (bicyclic) bond motifs is 1. The van der Waals surface area contributed by atoms with E-state index >= 15 is 0 Å². The molecule has 100 valence electrons. The highest BCUT2D eigenvalue weighted by molar-refractivity contribution is 5.44. The summed E-state index contributed by atoms with van der Waals surface area (Å²) < 4.78 is 10.7. The highest BCUT2D eigenvalue weighted by Gasteiger charge is 2.13. The summed E-state index contributed by atoms with van der Waals surface area (Å²) in [4.78, 5) is 2.35. The van der Waals surface area contributed by atoms with Gasteiger partial charge in [0, 0.05) is 6.54 Å². The van der Waals surface area contributed by atoms with Crippen molar-refractivity contribution in [3.05, 3.63) is 23.8 Å². The maximum Gasteiger partial charge on any atom is 0.231 e. The molecule has 0 aromatic heterocycles. The maximum atomic E-state index is 5.49. The Morgan fingerprint density at radius 3 is 2.83 bits per heavy atom. The van der Waals surface area contributed by atoms with E-state index in [9.17, 15) is 0 Å². The summed E-state index contributed by atoms with van der Waals surface area (Å²) in [5.74, 6) is 1.73. The minimum atomic E-state index is 0.345. The summed E-state index contributed by atoms with van der Waals surface area (Å²) in [5.41, 5.74) is 6.78. The number of ether oxygens (including phenoxy) is 2. The fraction of sp³-hybridized carbons (Fsp3) is 0.571. The number of hydrogen-bond acceptors (Lipinski definition) is 4. The van der Waals surface area contributed by atoms with Crippen molar-refractivity contribution in [1.29, 1.82) is 0 Å². The van der Waals surface area contributed by atoms with Crippen LogP contribution in [-0.2, 0) is 6.42 Å². The second kappa shape index (κ2) is 6.61. The lowest BCUT2D eigenvalue weighted by Crippen LogP contribution is -2.23. The number of nitrogens with zero attached hydrogens (tertiary/aromatic N) is 1. The highest BCUT2D eigenvalue weighted by Crippen LogP contribution is 2.32. The maximum absolute atomic E-state index is 5.49. The Kier molecular flexibility index (Phi) is 4.84. The molecule has 0 atom stereocenters. The summed E-state index contributed by atoms with van der Waals surface area (Å²) in [6.07, 6.45) is 3.32. The molecule has 4 nitrogen and oxygen atoms in total. The summed E-state index contributed by atoms with van der Waals surface area (Å²) in [7, 11) is 2.16. The molecule has 0 aliphatic carbocycles. The summed E-state index contributed by atoms with van der Waals surface area (Å²) >= 11 is 0. The van der Waals surface area contributed by atoms with Crippen LogP contribution in [-0.4, -0.2) is 38.4 Å². The van der Waals surface area contributed by atoms with E-state index in [1.807, 2.05) is 6.07 Å². The normalized spacial score (nSPS) is 13.3. The van der Waals surface area contributed by atoms with Crippen LogP contribution in [0.1, 0.15) is 18.4 Å². The van der Waals surface area contributed by atoms with Crippen LogP contribution in [0.2, 0.25) is 0 Å². The molecule has 4 heteroatoms. The zero-order valence-corrected chi connectivity index (χ0v) is 11.0. The van der Waals surface area contributed by atoms with E-state index in [0.717, 1.165) is 44.0 Å². The van der Waals surface area contributed by atoms with Crippen molar-refractivity contribution < 1.29 is 9.47 Å². The van der Waals surface area contributed by atoms with E-state index in [4.69, 9.17) is 15.2 Å². The molecule has 0 saturated heterocycles. The first-order chi connectivity index (χ1) is 8.79. The quantitative estimate of drug-likeness (QED) is 0.747. The molecular formula is C14H22N2O2. The summed E-state index contributed by atoms with van der Waals surface area (Å²) in [6.45, 7) is 3.31. The Hall–Kier alpha value is -1.26. The molecule has 0 bridgehead atoms. The van der Waals surface area contributed by atoms with Gasteiger partial charge in [0.2, 0.25) is 6.79 Å². The first kappa shape index (κ1) is 13.2. The van der Waals surface area contributed by atoms with Crippen LogP contribution in [0, 0.1) is 0 Å². The van der Waals surface area contributed by atoms with E-state index in [0.29, 0.717) is 6.79 Å². The van der Waals surface area contributed by atoms with E-state index in [1.54, 1.807) is 0 Å². The largest absolute Gasteiger partial charge is 0.454 e. The Morgan fingerprint density at radius 1 is 1.17 bits per heavy atom. The number of benzene rings is 1. The van der Waals surface area contributed by atoms with Crippen LogP contribution in [0.5, 0.6) is 11.5 Å². The zero-order valence-electron chi connectivity index (χ0n) is 11.0. The van der Waals surface area contributed by atoms with Gasteiger partial charge in [-0.1, -0.05) is 6.07 Å². The molecule has 1 aromatic carbocycles. The Labute approximate surface area is 109 Å². The van der Waals surface area contributed by atoms with E-state index in [1.165, 1.54) is 12.0 Å². The van der Waals surface area contributed by atoms with Gasteiger partial charge in [-0.05, 0) is 57.1 Å². The van der Waals surface area contributed by atoms with Crippen LogP contribution < -0.4 is 15.2 Å². The average Bonchev–Trinajstić information content (AvgIpc) is 2.84. The number of rotatable bonds is 7. The SMILES string of the molecule is CN(CCCCN)CCc1ccc2c(c1)OCO2. The van der Waals surface area contributed by atoms with Gasteiger partial charge in [0.15, 0.2) is 11.5 Å². The molecule has 2 rings (SSSR count). The molecule has 0 radical (unpaired) electrons. The second-order valence-electron chi connectivity index (χ2n) is 4.74. The van der Waals surface area contributed by atoms with Crippen LogP contribution in [0.4, 0.5) is 0 Å². The lowest BCUT2D eigenvalue weighted by molar-refractivity contribution is 0.174. The first-order valence-corrected chi connectivity index (χ1v) is 6.57. The van der Waals surface area contributed by atoms with Crippen molar-refractivity contribution in [3.8, 4) is 11.5 Å². The van der Waals surface area contributed by atoms with Gasteiger partial charge in [0.05, 0.1) is 0 Å². The predicted octanol–water partition coefficient (Wildman–Crippen LogP) is 1.63. The van der Waals surface area contributed by atoms with Crippen LogP contribution >= 0.6 is 0 Å². The van der Waals surface area contributed by atoms with Crippen molar-refractivity contribution in [2.24, 2.45) is 5.73 Å². The number of nitrogens with two attached hydrogens (primary N) is 1. The molecule has 18 heavy (non-hydrogen) atoms. The number of likely N-dealkylation sites (N-methyl/N-ethyl adjacent to an activating group) is 1. The van der Waals surface area contributed by atoms with Gasteiger partial charge in [0.25, 0.3) is 0 Å². The van der Waals surface area contributed by atoms with Crippen molar-refractivity contribution in [2.75, 3.05) is 33.5 Å². The summed E-state index contributed by atoms with van der Waals surface area (Å²) in [5, 5.41) is 0. The van der Waals surface area contributed by atoms with E-state index < -0.39 is 0 Å². The van der Waals surface area contributed by atoms with E-state index in [-0.39, 0.29) is 0 Å². The fourth-order valence-corrected chi connectivity index (χ4v) is 2.05. The van der Waals surface area contributed by atoms with Gasteiger partial charge in [-0.15, -0.1) is 0 Å². The van der Waals surface area contributed by atoms with Crippen molar-refractivity contribution in [3.63, 3.8) is 0 Å². The first-order valence-electron chi connectivity index (χ1n) is 6.57. The Bertz CT molecular complexity index is 382. The molecule has 0 spiro atoms. The predicted molar refractivity (Wildman–Crippen MR) is 72.1 cm³/mol. The van der Waals surface area contributed by atoms with Gasteiger partial charge in [-0.25, -0.2) is 0 Å². The van der Waals surface area contributed by atoms with Gasteiger partial charge < -0.3 is 20.1 Å². The minimum absolute atomic E-state index is 0.345. The molecule has 1 aromatic rings. The molecule has 0 fully saturated rings. The van der Waals surface area contributed by atoms with Crippen molar-refractivity contribution in [2.45, 2.75) is 19.3 Å². The molecule has 1 aliphatic rings. The molecule has 1 aliphatic heterocycles. The number of hydrogen-bond donors (Lipinski definition) is 1. The third-order valence-electron chi connectivity index (χ3n) is 3.21. The van der Waals surface area contributed by atoms with Gasteiger partial charge >= 0.3 is 0 Å². The van der Waals surface area contributed by atoms with Crippen LogP contribution in [0.25, 0.3) is 0 Å². The standard InChI is InChI=1S/C14H22N2O2/c1-16(8-3-2-7-15)9-6-12-4-5-13-14(10-12)18-11-17-13/h4-5,10H,2-3,6-9,11,15H2,1H3. The fourth-order valence-electron chi connectivity index (χ4n) is 2.05. The van der Waals surface area contributed by atoms with Crippen LogP contribution in [0.15, 0.2) is 18.2 Å². The second-order valence-corrected chi connectivity index (χ2v) is 4.74. The smallest absolute Gasteiger partial charge is 0.231 e. The monoisotopic (exact) mass is 250 g/mol. The number of unbranched alkanes of at least 4 members (excludes halogenated alkanes) is 1. The van der Waals surface area contributed by atoms with Gasteiger partial charge in [-0.3, -0.25) is 0 Å². The van der Waals surface area contributed by atoms with E-state index in [2.05, 4.69) is 24.1 Å². The summed E-state index contributed by atoms with van der Waals surface area (Å²) in [6, 6.07) is 6.18. The molecule has 0 unspecified atom stereocenters. The molecule has 2 N–H and O–H groups in total. The molecule has 0 saturated carbocycles. The highest BCUT2D eigenvalue weighted by atomic mass is 16.7. The lowest BCUT2D eigenvalue weighted by Gasteiger charge is -2.16. The molecule has 0 amide bonds. The van der Waals surface area contributed by atoms with Crippen molar-refractivity contribution >= 4 is 0 Å². The van der Waals surface area contributed by atoms with Gasteiger partial charge in [0.1, 0.15) is 0 Å². The Balaban J connectivity index is 1.76. The molecular weight excluding hydrogens is 228 g/mol. The van der Waals surface area contributed by atoms with Crippen molar-refractivity contribution in [1.82, 2.24) is 4.90 Å². The molecule has 1 heterocycles. The average molecular weight is 250 g/mol. The third-order valence-corrected chi connectivity index (χ3v) is 3.21. The third kappa shape index (κ3) is 3.62. The zero-order chi connectivity index (χ0) is 12.8. The lowest BCUT2D eigenvalue weighted by atomic mass is 10.1. The minimum Gasteiger partial charge on any atom is -0.454 e. The Morgan fingerprint density at radius 2 is 2.00 bits per heavy atom.